The molecule has 1 aliphatic heterocycles. The van der Waals surface area contributed by atoms with Gasteiger partial charge in [0.15, 0.2) is 0 Å². The Balaban J connectivity index is 2.37. The third kappa shape index (κ3) is 1.81. The predicted molar refractivity (Wildman–Crippen MR) is 65.9 cm³/mol. The van der Waals surface area contributed by atoms with Crippen LogP contribution in [0.5, 0.6) is 0 Å². The molecule has 0 unspecified atom stereocenters. The minimum Gasteiger partial charge on any atom is -0.465 e. The average molecular weight is 318 g/mol. The number of ether oxygens (including phenoxy) is 1. The average Bonchev–Trinajstić information content (AvgIpc) is 2.53. The summed E-state index contributed by atoms with van der Waals surface area (Å²) < 4.78 is 4.96. The van der Waals surface area contributed by atoms with Crippen molar-refractivity contribution in [2.24, 2.45) is 0 Å². The van der Waals surface area contributed by atoms with E-state index in [9.17, 15) is 4.79 Å². The fraction of sp³-hybridized carbons (Fsp3) is 0.300. The van der Waals surface area contributed by atoms with Crippen LogP contribution in [-0.4, -0.2) is 25.1 Å². The summed E-state index contributed by atoms with van der Waals surface area (Å²) in [5.41, 5.74) is 5.91. The maximum Gasteiger partial charge on any atom is 0.337 e. The Kier molecular flexibility index (Phi) is 2.83. The highest BCUT2D eigenvalue weighted by Crippen LogP contribution is 2.38. The number of carbonyl (C=O) groups is 1. The van der Waals surface area contributed by atoms with Crippen LogP contribution in [0.3, 0.4) is 0 Å². The van der Waals surface area contributed by atoms with E-state index in [4.69, 9.17) is 0 Å². The number of hydrazine groups is 1. The SMILES string of the molecule is COC(=O)c1ccc2c(c1)NN(C)[C@H]2I. The van der Waals surface area contributed by atoms with Crippen molar-refractivity contribution in [1.29, 1.82) is 0 Å². The first-order valence-electron chi connectivity index (χ1n) is 4.49. The van der Waals surface area contributed by atoms with Crippen molar-refractivity contribution < 1.29 is 9.53 Å². The second-order valence-electron chi connectivity index (χ2n) is 3.35. The second-order valence-corrected chi connectivity index (χ2v) is 4.53. The number of halogens is 1. The van der Waals surface area contributed by atoms with Crippen LogP contribution in [-0.2, 0) is 4.74 Å². The van der Waals surface area contributed by atoms with Crippen LogP contribution < -0.4 is 5.43 Å². The summed E-state index contributed by atoms with van der Waals surface area (Å²) in [6.07, 6.45) is 0. The number of rotatable bonds is 1. The summed E-state index contributed by atoms with van der Waals surface area (Å²) in [7, 11) is 3.35. The molecule has 1 N–H and O–H groups in total. The number of alkyl halides is 1. The molecule has 5 heteroatoms. The molecule has 0 fully saturated rings. The summed E-state index contributed by atoms with van der Waals surface area (Å²) in [5, 5.41) is 1.99. The van der Waals surface area contributed by atoms with Gasteiger partial charge in [-0.05, 0) is 12.1 Å². The number of anilines is 1. The first-order chi connectivity index (χ1) is 7.13. The standard InChI is InChI=1S/C10H11IN2O2/c1-13-9(11)7-4-3-6(10(14)15-2)5-8(7)12-13/h3-5,9,12H,1-2H3/t9-/m1/s1. The molecule has 0 saturated carbocycles. The lowest BCUT2D eigenvalue weighted by Gasteiger charge is -2.12. The molecule has 1 heterocycles. The number of nitrogens with one attached hydrogen (secondary N) is 1. The van der Waals surface area contributed by atoms with Crippen LogP contribution in [0.15, 0.2) is 18.2 Å². The summed E-state index contributed by atoms with van der Waals surface area (Å²) in [5.74, 6) is -0.306. The van der Waals surface area contributed by atoms with E-state index in [2.05, 4.69) is 32.8 Å². The van der Waals surface area contributed by atoms with Gasteiger partial charge in [-0.3, -0.25) is 0 Å². The number of carbonyl (C=O) groups excluding carboxylic acids is 1. The molecule has 1 aromatic rings. The number of hydrogen-bond donors (Lipinski definition) is 1. The molecule has 0 saturated heterocycles. The summed E-state index contributed by atoms with van der Waals surface area (Å²) >= 11 is 2.34. The highest BCUT2D eigenvalue weighted by Gasteiger charge is 2.25. The van der Waals surface area contributed by atoms with Crippen LogP contribution in [0.1, 0.15) is 20.0 Å². The molecular weight excluding hydrogens is 307 g/mol. The first-order valence-corrected chi connectivity index (χ1v) is 5.74. The molecule has 1 atom stereocenters. The lowest BCUT2D eigenvalue weighted by atomic mass is 10.1. The number of esters is 1. The number of hydrogen-bond acceptors (Lipinski definition) is 4. The van der Waals surface area contributed by atoms with E-state index < -0.39 is 0 Å². The van der Waals surface area contributed by atoms with E-state index in [1.807, 2.05) is 24.2 Å². The Morgan fingerprint density at radius 2 is 2.33 bits per heavy atom. The fourth-order valence-electron chi connectivity index (χ4n) is 1.56. The van der Waals surface area contributed by atoms with E-state index >= 15 is 0 Å². The number of methoxy groups -OCH3 is 1. The Morgan fingerprint density at radius 1 is 1.60 bits per heavy atom. The molecule has 15 heavy (non-hydrogen) atoms. The van der Waals surface area contributed by atoms with E-state index in [-0.39, 0.29) is 5.97 Å². The van der Waals surface area contributed by atoms with E-state index in [0.29, 0.717) is 9.61 Å². The highest BCUT2D eigenvalue weighted by atomic mass is 127. The molecule has 1 aromatic carbocycles. The van der Waals surface area contributed by atoms with Gasteiger partial charge in [-0.1, -0.05) is 28.7 Å². The molecular formula is C10H11IN2O2. The lowest BCUT2D eigenvalue weighted by molar-refractivity contribution is 0.0601. The normalized spacial score (nSPS) is 19.5. The Bertz CT molecular complexity index is 408. The first kappa shape index (κ1) is 10.7. The predicted octanol–water partition coefficient (Wildman–Crippen LogP) is 2.18. The van der Waals surface area contributed by atoms with Gasteiger partial charge in [-0.15, -0.1) is 0 Å². The zero-order valence-corrected chi connectivity index (χ0v) is 10.6. The monoisotopic (exact) mass is 318 g/mol. The Labute approximate surface area is 102 Å². The molecule has 0 spiro atoms. The van der Waals surface area contributed by atoms with Crippen molar-refractivity contribution in [2.75, 3.05) is 19.6 Å². The van der Waals surface area contributed by atoms with E-state index in [1.165, 1.54) is 12.7 Å². The molecule has 0 radical (unpaired) electrons. The lowest BCUT2D eigenvalue weighted by Crippen LogP contribution is -2.18. The summed E-state index contributed by atoms with van der Waals surface area (Å²) in [4.78, 5) is 11.3. The topological polar surface area (TPSA) is 41.6 Å². The van der Waals surface area contributed by atoms with Crippen LogP contribution in [0.2, 0.25) is 0 Å². The van der Waals surface area contributed by atoms with E-state index in [0.717, 1.165) is 5.69 Å². The Morgan fingerprint density at radius 3 is 3.00 bits per heavy atom. The van der Waals surface area contributed by atoms with Gasteiger partial charge in [0.1, 0.15) is 4.05 Å². The zero-order valence-electron chi connectivity index (χ0n) is 8.45. The van der Waals surface area contributed by atoms with E-state index in [1.54, 1.807) is 6.07 Å². The molecule has 80 valence electrons. The summed E-state index contributed by atoms with van der Waals surface area (Å²) in [6, 6.07) is 5.56. The maximum absolute atomic E-state index is 11.3. The largest absolute Gasteiger partial charge is 0.465 e. The molecule has 0 aliphatic carbocycles. The van der Waals surface area contributed by atoms with Gasteiger partial charge < -0.3 is 10.2 Å². The number of fused-ring (bicyclic) bond motifs is 1. The molecule has 1 aliphatic rings. The van der Waals surface area contributed by atoms with Gasteiger partial charge >= 0.3 is 5.97 Å². The third-order valence-corrected chi connectivity index (χ3v) is 3.87. The molecule has 2 rings (SSSR count). The van der Waals surface area contributed by atoms with Crippen molar-refractivity contribution in [3.05, 3.63) is 29.3 Å². The molecule has 0 bridgehead atoms. The third-order valence-electron chi connectivity index (χ3n) is 2.37. The van der Waals surface area contributed by atoms with Crippen molar-refractivity contribution >= 4 is 34.2 Å². The smallest absolute Gasteiger partial charge is 0.337 e. The molecule has 0 amide bonds. The van der Waals surface area contributed by atoms with Gasteiger partial charge in [0.25, 0.3) is 0 Å². The van der Waals surface area contributed by atoms with Crippen molar-refractivity contribution in [3.63, 3.8) is 0 Å². The van der Waals surface area contributed by atoms with Gasteiger partial charge in [0.05, 0.1) is 18.4 Å². The zero-order chi connectivity index (χ0) is 11.0. The van der Waals surface area contributed by atoms with Crippen LogP contribution in [0.25, 0.3) is 0 Å². The summed E-state index contributed by atoms with van der Waals surface area (Å²) in [6.45, 7) is 0. The quantitative estimate of drug-likeness (QED) is 0.373. The van der Waals surface area contributed by atoms with Crippen LogP contribution in [0, 0.1) is 0 Å². The number of benzene rings is 1. The van der Waals surface area contributed by atoms with Gasteiger partial charge in [0, 0.05) is 12.6 Å². The van der Waals surface area contributed by atoms with Gasteiger partial charge in [0.2, 0.25) is 0 Å². The van der Waals surface area contributed by atoms with Crippen molar-refractivity contribution in [3.8, 4) is 0 Å². The van der Waals surface area contributed by atoms with Gasteiger partial charge in [-0.25, -0.2) is 9.80 Å². The second kappa shape index (κ2) is 3.97. The number of nitrogens with zero attached hydrogens (tertiary/aromatic N) is 1. The maximum atomic E-state index is 11.3. The fourth-order valence-corrected chi connectivity index (χ4v) is 2.24. The highest BCUT2D eigenvalue weighted by molar-refractivity contribution is 14.1. The van der Waals surface area contributed by atoms with Crippen LogP contribution in [0.4, 0.5) is 5.69 Å². The molecule has 0 aromatic heterocycles. The van der Waals surface area contributed by atoms with Crippen molar-refractivity contribution in [1.82, 2.24) is 5.01 Å². The van der Waals surface area contributed by atoms with Crippen LogP contribution >= 0.6 is 22.6 Å². The minimum atomic E-state index is -0.306. The molecule has 4 nitrogen and oxygen atoms in total. The van der Waals surface area contributed by atoms with Crippen molar-refractivity contribution in [2.45, 2.75) is 4.05 Å². The Hall–Kier alpha value is -0.820. The van der Waals surface area contributed by atoms with Gasteiger partial charge in [-0.2, -0.15) is 0 Å². The minimum absolute atomic E-state index is 0.296.